The normalized spacial score (nSPS) is 37.2. The van der Waals surface area contributed by atoms with E-state index in [0.717, 1.165) is 12.8 Å². The maximum atomic E-state index is 13.1. The Hall–Kier alpha value is -1.15. The van der Waals surface area contributed by atoms with Crippen LogP contribution in [0.2, 0.25) is 0 Å². The Morgan fingerprint density at radius 2 is 1.91 bits per heavy atom. The molecule has 22 heavy (non-hydrogen) atoms. The Morgan fingerprint density at radius 3 is 2.41 bits per heavy atom. The van der Waals surface area contributed by atoms with Crippen molar-refractivity contribution in [2.24, 2.45) is 22.7 Å². The van der Waals surface area contributed by atoms with E-state index in [9.17, 15) is 9.90 Å². The average molecular weight is 300 g/mol. The van der Waals surface area contributed by atoms with Gasteiger partial charge in [-0.05, 0) is 42.6 Å². The molecule has 2 bridgehead atoms. The van der Waals surface area contributed by atoms with E-state index in [2.05, 4.69) is 32.9 Å². The lowest BCUT2D eigenvalue weighted by Crippen LogP contribution is -2.54. The standard InChI is InChI=1S/C20H28O2/c1-14(12-15-8-6-5-7-9-15)17(21)20(22)13-16-10-11-19(20,4)18(16,2)3/h5-9,14,16,22H,10-13H2,1-4H3/t14-,16+,19+,20-/m0/s1. The number of carbonyl (C=O) groups excluding carboxylic acids is 1. The van der Waals surface area contributed by atoms with Gasteiger partial charge in [0.25, 0.3) is 0 Å². The summed E-state index contributed by atoms with van der Waals surface area (Å²) in [5.74, 6) is 0.379. The molecule has 0 aromatic heterocycles. The highest BCUT2D eigenvalue weighted by Crippen LogP contribution is 2.70. The van der Waals surface area contributed by atoms with Crippen molar-refractivity contribution >= 4 is 5.78 Å². The van der Waals surface area contributed by atoms with Gasteiger partial charge in [-0.3, -0.25) is 4.79 Å². The van der Waals surface area contributed by atoms with E-state index in [0.29, 0.717) is 18.8 Å². The molecule has 1 N–H and O–H groups in total. The van der Waals surface area contributed by atoms with Crippen LogP contribution in [-0.2, 0) is 11.2 Å². The molecule has 0 amide bonds. The molecule has 2 saturated carbocycles. The van der Waals surface area contributed by atoms with Crippen LogP contribution in [-0.4, -0.2) is 16.5 Å². The van der Waals surface area contributed by atoms with Crippen LogP contribution in [0, 0.1) is 22.7 Å². The highest BCUT2D eigenvalue weighted by molar-refractivity contribution is 5.91. The number of fused-ring (bicyclic) bond motifs is 2. The zero-order valence-electron chi connectivity index (χ0n) is 14.2. The first kappa shape index (κ1) is 15.7. The van der Waals surface area contributed by atoms with E-state index in [1.807, 2.05) is 25.1 Å². The number of aliphatic hydroxyl groups is 1. The van der Waals surface area contributed by atoms with Gasteiger partial charge in [0.05, 0.1) is 0 Å². The molecule has 0 saturated heterocycles. The molecular weight excluding hydrogens is 272 g/mol. The van der Waals surface area contributed by atoms with Crippen molar-refractivity contribution in [2.75, 3.05) is 0 Å². The molecule has 2 nitrogen and oxygen atoms in total. The zero-order valence-corrected chi connectivity index (χ0v) is 14.2. The summed E-state index contributed by atoms with van der Waals surface area (Å²) in [7, 11) is 0. The largest absolute Gasteiger partial charge is 0.381 e. The lowest BCUT2D eigenvalue weighted by Gasteiger charge is -2.45. The number of hydrogen-bond acceptors (Lipinski definition) is 2. The Labute approximate surface area is 133 Å². The van der Waals surface area contributed by atoms with Gasteiger partial charge in [-0.25, -0.2) is 0 Å². The molecule has 0 heterocycles. The fourth-order valence-electron chi connectivity index (χ4n) is 5.12. The molecule has 2 aliphatic rings. The van der Waals surface area contributed by atoms with Crippen molar-refractivity contribution in [3.05, 3.63) is 35.9 Å². The number of carbonyl (C=O) groups is 1. The third-order valence-electron chi connectivity index (χ3n) is 7.13. The van der Waals surface area contributed by atoms with Crippen LogP contribution in [0.15, 0.2) is 30.3 Å². The first-order valence-corrected chi connectivity index (χ1v) is 8.53. The Kier molecular flexibility index (Phi) is 3.52. The molecule has 0 radical (unpaired) electrons. The van der Waals surface area contributed by atoms with E-state index in [-0.39, 0.29) is 22.5 Å². The SMILES string of the molecule is C[C@@H](Cc1ccccc1)C(=O)[C@@]1(O)C[C@H]2CC[C@]1(C)C2(C)C. The lowest BCUT2D eigenvalue weighted by atomic mass is 9.61. The van der Waals surface area contributed by atoms with Crippen LogP contribution < -0.4 is 0 Å². The second kappa shape index (κ2) is 4.92. The predicted molar refractivity (Wildman–Crippen MR) is 88.5 cm³/mol. The van der Waals surface area contributed by atoms with Crippen LogP contribution in [0.1, 0.15) is 52.5 Å². The smallest absolute Gasteiger partial charge is 0.168 e. The zero-order chi connectivity index (χ0) is 16.2. The van der Waals surface area contributed by atoms with Gasteiger partial charge in [0.2, 0.25) is 0 Å². The monoisotopic (exact) mass is 300 g/mol. The van der Waals surface area contributed by atoms with Crippen LogP contribution in [0.4, 0.5) is 0 Å². The third kappa shape index (κ3) is 1.93. The fourth-order valence-corrected chi connectivity index (χ4v) is 5.12. The molecule has 120 valence electrons. The number of benzene rings is 1. The third-order valence-corrected chi connectivity index (χ3v) is 7.13. The van der Waals surface area contributed by atoms with Crippen molar-refractivity contribution in [1.29, 1.82) is 0 Å². The van der Waals surface area contributed by atoms with Gasteiger partial charge < -0.3 is 5.11 Å². The van der Waals surface area contributed by atoms with Crippen LogP contribution in [0.3, 0.4) is 0 Å². The second-order valence-electron chi connectivity index (χ2n) is 8.31. The highest BCUT2D eigenvalue weighted by Gasteiger charge is 2.71. The lowest BCUT2D eigenvalue weighted by molar-refractivity contribution is -0.159. The first-order chi connectivity index (χ1) is 10.2. The molecule has 2 aliphatic carbocycles. The molecule has 4 atom stereocenters. The van der Waals surface area contributed by atoms with E-state index in [4.69, 9.17) is 0 Å². The summed E-state index contributed by atoms with van der Waals surface area (Å²) in [5.41, 5.74) is -0.219. The maximum absolute atomic E-state index is 13.1. The number of ketones is 1. The van der Waals surface area contributed by atoms with E-state index < -0.39 is 5.60 Å². The molecule has 2 heteroatoms. The summed E-state index contributed by atoms with van der Waals surface area (Å²) in [6.45, 7) is 8.57. The van der Waals surface area contributed by atoms with E-state index >= 15 is 0 Å². The predicted octanol–water partition coefficient (Wildman–Crippen LogP) is 4.01. The number of rotatable bonds is 4. The average Bonchev–Trinajstić information content (AvgIpc) is 2.79. The second-order valence-corrected chi connectivity index (χ2v) is 8.31. The quantitative estimate of drug-likeness (QED) is 0.912. The fraction of sp³-hybridized carbons (Fsp3) is 0.650. The van der Waals surface area contributed by atoms with Crippen LogP contribution in [0.5, 0.6) is 0 Å². The van der Waals surface area contributed by atoms with Gasteiger partial charge in [-0.15, -0.1) is 0 Å². The highest BCUT2D eigenvalue weighted by atomic mass is 16.3. The van der Waals surface area contributed by atoms with E-state index in [1.165, 1.54) is 5.56 Å². The summed E-state index contributed by atoms with van der Waals surface area (Å²) in [5, 5.41) is 11.3. The Morgan fingerprint density at radius 1 is 1.27 bits per heavy atom. The summed E-state index contributed by atoms with van der Waals surface area (Å²) >= 11 is 0. The summed E-state index contributed by atoms with van der Waals surface area (Å²) in [4.78, 5) is 13.1. The first-order valence-electron chi connectivity index (χ1n) is 8.53. The van der Waals surface area contributed by atoms with Crippen molar-refractivity contribution in [3.8, 4) is 0 Å². The molecule has 0 spiro atoms. The van der Waals surface area contributed by atoms with Gasteiger partial charge in [0.1, 0.15) is 5.60 Å². The molecule has 1 aromatic carbocycles. The van der Waals surface area contributed by atoms with E-state index in [1.54, 1.807) is 0 Å². The minimum Gasteiger partial charge on any atom is -0.381 e. The summed E-state index contributed by atoms with van der Waals surface area (Å²) in [6, 6.07) is 10.1. The molecular formula is C20H28O2. The van der Waals surface area contributed by atoms with Gasteiger partial charge in [0.15, 0.2) is 5.78 Å². The Bertz CT molecular complexity index is 577. The van der Waals surface area contributed by atoms with Crippen LogP contribution in [0.25, 0.3) is 0 Å². The molecule has 0 unspecified atom stereocenters. The summed E-state index contributed by atoms with van der Waals surface area (Å²) in [6.07, 6.45) is 3.47. The summed E-state index contributed by atoms with van der Waals surface area (Å²) < 4.78 is 0. The number of Topliss-reactive ketones (excluding diaryl/α,β-unsaturated/α-hetero) is 1. The minimum absolute atomic E-state index is 0.0455. The van der Waals surface area contributed by atoms with Crippen molar-refractivity contribution in [1.82, 2.24) is 0 Å². The van der Waals surface area contributed by atoms with Crippen molar-refractivity contribution < 1.29 is 9.90 Å². The minimum atomic E-state index is -1.15. The molecule has 0 aliphatic heterocycles. The van der Waals surface area contributed by atoms with Gasteiger partial charge >= 0.3 is 0 Å². The topological polar surface area (TPSA) is 37.3 Å². The number of hydrogen-bond donors (Lipinski definition) is 1. The Balaban J connectivity index is 1.83. The van der Waals surface area contributed by atoms with Gasteiger partial charge in [-0.2, -0.15) is 0 Å². The van der Waals surface area contributed by atoms with Gasteiger partial charge in [-0.1, -0.05) is 58.0 Å². The molecule has 1 aromatic rings. The maximum Gasteiger partial charge on any atom is 0.168 e. The van der Waals surface area contributed by atoms with Crippen molar-refractivity contribution in [3.63, 3.8) is 0 Å². The molecule has 2 fully saturated rings. The van der Waals surface area contributed by atoms with Gasteiger partial charge in [0, 0.05) is 11.3 Å². The molecule has 3 rings (SSSR count). The van der Waals surface area contributed by atoms with Crippen LogP contribution >= 0.6 is 0 Å². The van der Waals surface area contributed by atoms with Crippen molar-refractivity contribution in [2.45, 2.75) is 59.0 Å².